The van der Waals surface area contributed by atoms with Crippen LogP contribution in [0.1, 0.15) is 17.7 Å². The van der Waals surface area contributed by atoms with E-state index < -0.39 is 10.3 Å². The third-order valence-electron chi connectivity index (χ3n) is 2.03. The number of pyridine rings is 1. The molecule has 0 amide bonds. The van der Waals surface area contributed by atoms with E-state index >= 15 is 0 Å². The van der Waals surface area contributed by atoms with Crippen LogP contribution in [-0.4, -0.2) is 23.4 Å². The molecule has 5 heteroatoms. The average Bonchev–Trinajstić information content (AvgIpc) is 2.18. The molecule has 0 unspecified atom stereocenters. The van der Waals surface area contributed by atoms with Crippen molar-refractivity contribution in [1.29, 1.82) is 0 Å². The van der Waals surface area contributed by atoms with Crippen LogP contribution in [0.5, 0.6) is 0 Å². The number of allylic oxidation sites excluding steroid dienone is 1. The van der Waals surface area contributed by atoms with E-state index in [2.05, 4.69) is 4.98 Å². The first-order valence-corrected chi connectivity index (χ1v) is 5.07. The number of fused-ring (bicyclic) bond motifs is 1. The van der Waals surface area contributed by atoms with E-state index in [0.717, 1.165) is 0 Å². The van der Waals surface area contributed by atoms with Gasteiger partial charge in [-0.3, -0.25) is 4.98 Å². The molecular formula is C9H7NO3S. The lowest BCUT2D eigenvalue weighted by molar-refractivity contribution is 0.506. The van der Waals surface area contributed by atoms with Crippen molar-refractivity contribution in [2.75, 3.05) is 0 Å². The summed E-state index contributed by atoms with van der Waals surface area (Å²) in [6, 6.07) is 3.28. The summed E-state index contributed by atoms with van der Waals surface area (Å²) < 4.78 is 21.7. The molecule has 0 saturated carbocycles. The van der Waals surface area contributed by atoms with Gasteiger partial charge in [0.25, 0.3) is 0 Å². The van der Waals surface area contributed by atoms with Crippen LogP contribution in [0.4, 0.5) is 0 Å². The molecule has 1 aliphatic carbocycles. The van der Waals surface area contributed by atoms with Gasteiger partial charge in [-0.2, -0.15) is 8.42 Å². The van der Waals surface area contributed by atoms with Gasteiger partial charge in [-0.1, -0.05) is 0 Å². The number of rotatable bonds is 0. The Bertz CT molecular complexity index is 535. The van der Waals surface area contributed by atoms with Crippen LogP contribution in [-0.2, 0) is 10.3 Å². The number of hydrogen-bond donors (Lipinski definition) is 1. The van der Waals surface area contributed by atoms with Crippen LogP contribution >= 0.6 is 0 Å². The number of aliphatic hydroxyl groups is 1. The summed E-state index contributed by atoms with van der Waals surface area (Å²) in [5.74, 6) is 0.0369. The summed E-state index contributed by atoms with van der Waals surface area (Å²) in [5, 5.41) is 9.45. The Hall–Kier alpha value is -1.62. The Morgan fingerprint density at radius 1 is 1.43 bits per heavy atom. The minimum absolute atomic E-state index is 0.0369. The van der Waals surface area contributed by atoms with E-state index in [0.29, 0.717) is 11.3 Å². The fourth-order valence-corrected chi connectivity index (χ4v) is 1.95. The quantitative estimate of drug-likeness (QED) is 0.641. The molecule has 72 valence electrons. The van der Waals surface area contributed by atoms with Crippen molar-refractivity contribution in [2.24, 2.45) is 0 Å². The van der Waals surface area contributed by atoms with Gasteiger partial charge in [0.1, 0.15) is 11.5 Å². The van der Waals surface area contributed by atoms with E-state index in [1.807, 2.05) is 0 Å². The van der Waals surface area contributed by atoms with E-state index in [9.17, 15) is 13.5 Å². The molecule has 0 fully saturated rings. The molecule has 1 heterocycles. The Labute approximate surface area is 82.1 Å². The van der Waals surface area contributed by atoms with Gasteiger partial charge in [0.15, 0.2) is 0 Å². The summed E-state index contributed by atoms with van der Waals surface area (Å²) in [6.07, 6.45) is 3.18. The first-order valence-electron chi connectivity index (χ1n) is 4.00. The van der Waals surface area contributed by atoms with Crippen molar-refractivity contribution in [2.45, 2.75) is 6.42 Å². The molecule has 1 aromatic heterocycles. The fraction of sp³-hybridized carbons (Fsp3) is 0.111. The average molecular weight is 209 g/mol. The zero-order chi connectivity index (χ0) is 10.1. The van der Waals surface area contributed by atoms with Crippen molar-refractivity contribution >= 4 is 20.9 Å². The SMILES string of the molecule is O=S(=O)=C1CC=C(O)c2ncccc21. The van der Waals surface area contributed by atoms with Gasteiger partial charge in [0.05, 0.1) is 4.86 Å². The van der Waals surface area contributed by atoms with Gasteiger partial charge in [0, 0.05) is 18.2 Å². The lowest BCUT2D eigenvalue weighted by Crippen LogP contribution is -2.11. The van der Waals surface area contributed by atoms with Crippen LogP contribution in [0.25, 0.3) is 5.76 Å². The van der Waals surface area contributed by atoms with Crippen LogP contribution in [0.3, 0.4) is 0 Å². The largest absolute Gasteiger partial charge is 0.506 e. The molecule has 1 aliphatic rings. The molecule has 0 aliphatic heterocycles. The van der Waals surface area contributed by atoms with Gasteiger partial charge in [-0.05, 0) is 18.2 Å². The molecule has 4 nitrogen and oxygen atoms in total. The summed E-state index contributed by atoms with van der Waals surface area (Å²) in [5.41, 5.74) is 0.818. The fourth-order valence-electron chi connectivity index (χ4n) is 1.39. The zero-order valence-corrected chi connectivity index (χ0v) is 7.95. The van der Waals surface area contributed by atoms with Crippen molar-refractivity contribution in [3.63, 3.8) is 0 Å². The number of aromatic nitrogens is 1. The summed E-state index contributed by atoms with van der Waals surface area (Å²) in [4.78, 5) is 4.19. The van der Waals surface area contributed by atoms with Crippen LogP contribution in [0.15, 0.2) is 24.4 Å². The maximum absolute atomic E-state index is 10.8. The molecule has 1 aromatic rings. The lowest BCUT2D eigenvalue weighted by atomic mass is 10.0. The van der Waals surface area contributed by atoms with Gasteiger partial charge in [-0.15, -0.1) is 0 Å². The maximum Gasteiger partial charge on any atom is 0.218 e. The highest BCUT2D eigenvalue weighted by Crippen LogP contribution is 2.21. The predicted molar refractivity (Wildman–Crippen MR) is 52.5 cm³/mol. The van der Waals surface area contributed by atoms with E-state index in [1.54, 1.807) is 12.1 Å². The maximum atomic E-state index is 10.8. The number of nitrogens with zero attached hydrogens (tertiary/aromatic N) is 1. The number of aliphatic hydroxyl groups excluding tert-OH is 1. The van der Waals surface area contributed by atoms with E-state index in [-0.39, 0.29) is 17.0 Å². The van der Waals surface area contributed by atoms with Gasteiger partial charge >= 0.3 is 0 Å². The Balaban J connectivity index is 2.79. The molecule has 14 heavy (non-hydrogen) atoms. The van der Waals surface area contributed by atoms with E-state index in [4.69, 9.17) is 0 Å². The molecular weight excluding hydrogens is 202 g/mol. The number of hydrogen-bond acceptors (Lipinski definition) is 4. The third kappa shape index (κ3) is 1.31. The molecule has 0 atom stereocenters. The van der Waals surface area contributed by atoms with Crippen molar-refractivity contribution < 1.29 is 13.5 Å². The smallest absolute Gasteiger partial charge is 0.218 e. The van der Waals surface area contributed by atoms with E-state index in [1.165, 1.54) is 12.3 Å². The zero-order valence-electron chi connectivity index (χ0n) is 7.14. The Kier molecular flexibility index (Phi) is 2.09. The van der Waals surface area contributed by atoms with Crippen molar-refractivity contribution in [1.82, 2.24) is 4.98 Å². The minimum Gasteiger partial charge on any atom is -0.506 e. The Morgan fingerprint density at radius 2 is 2.21 bits per heavy atom. The summed E-state index contributed by atoms with van der Waals surface area (Å²) in [6.45, 7) is 0. The molecule has 0 radical (unpaired) electrons. The molecule has 0 aromatic carbocycles. The summed E-state index contributed by atoms with van der Waals surface area (Å²) >= 11 is 0. The summed E-state index contributed by atoms with van der Waals surface area (Å²) in [7, 11) is -2.26. The third-order valence-corrected chi connectivity index (χ3v) is 2.82. The van der Waals surface area contributed by atoms with Crippen LogP contribution in [0, 0.1) is 0 Å². The molecule has 1 N–H and O–H groups in total. The lowest BCUT2D eigenvalue weighted by Gasteiger charge is -2.11. The molecule has 2 rings (SSSR count). The first kappa shape index (κ1) is 8.96. The molecule has 0 bridgehead atoms. The first-order chi connectivity index (χ1) is 6.70. The minimum atomic E-state index is -2.26. The molecule has 0 saturated heterocycles. The van der Waals surface area contributed by atoms with Gasteiger partial charge in [-0.25, -0.2) is 0 Å². The van der Waals surface area contributed by atoms with Gasteiger partial charge in [0.2, 0.25) is 10.3 Å². The second-order valence-corrected chi connectivity index (χ2v) is 3.81. The highest BCUT2D eigenvalue weighted by molar-refractivity contribution is 7.73. The normalized spacial score (nSPS) is 14.6. The standard InChI is InChI=1S/C9H7NO3S/c11-7-3-4-8(14(12)13)6-2-1-5-10-9(6)7/h1-3,5,11H,4H2. The monoisotopic (exact) mass is 209 g/mol. The van der Waals surface area contributed by atoms with Crippen LogP contribution < -0.4 is 0 Å². The van der Waals surface area contributed by atoms with Gasteiger partial charge < -0.3 is 5.11 Å². The predicted octanol–water partition coefficient (Wildman–Crippen LogP) is 0.784. The van der Waals surface area contributed by atoms with Crippen molar-refractivity contribution in [3.8, 4) is 0 Å². The second kappa shape index (κ2) is 3.26. The topological polar surface area (TPSA) is 67.3 Å². The van der Waals surface area contributed by atoms with Crippen molar-refractivity contribution in [3.05, 3.63) is 35.7 Å². The second-order valence-electron chi connectivity index (χ2n) is 2.85. The van der Waals surface area contributed by atoms with Crippen LogP contribution in [0.2, 0.25) is 0 Å². The highest BCUT2D eigenvalue weighted by Gasteiger charge is 2.18. The molecule has 0 spiro atoms. The Morgan fingerprint density at radius 3 is 2.93 bits per heavy atom. The highest BCUT2D eigenvalue weighted by atomic mass is 32.2.